The Balaban J connectivity index is 2.01. The summed E-state index contributed by atoms with van der Waals surface area (Å²) in [4.78, 5) is 23.5. The van der Waals surface area contributed by atoms with E-state index in [9.17, 15) is 9.59 Å². The van der Waals surface area contributed by atoms with Crippen molar-refractivity contribution in [3.8, 4) is 6.07 Å². The fourth-order valence-electron chi connectivity index (χ4n) is 2.06. The van der Waals surface area contributed by atoms with Crippen molar-refractivity contribution in [3.63, 3.8) is 0 Å². The highest BCUT2D eigenvalue weighted by Gasteiger charge is 2.16. The molecule has 122 valence electrons. The molecule has 0 saturated heterocycles. The second-order valence-electron chi connectivity index (χ2n) is 5.03. The zero-order valence-corrected chi connectivity index (χ0v) is 13.7. The van der Waals surface area contributed by atoms with Gasteiger partial charge in [-0.2, -0.15) is 5.26 Å². The van der Waals surface area contributed by atoms with Gasteiger partial charge in [-0.3, -0.25) is 4.79 Å². The lowest BCUT2D eigenvalue weighted by molar-refractivity contribution is -0.115. The molecule has 2 aromatic rings. The Labute approximate surface area is 144 Å². The summed E-state index contributed by atoms with van der Waals surface area (Å²) in [5.41, 5.74) is 1.59. The molecule has 6 heteroatoms. The minimum Gasteiger partial charge on any atom is -0.454 e. The number of halogens is 1. The van der Waals surface area contributed by atoms with Crippen molar-refractivity contribution >= 4 is 29.2 Å². The van der Waals surface area contributed by atoms with E-state index < -0.39 is 18.0 Å². The van der Waals surface area contributed by atoms with Gasteiger partial charge in [-0.05, 0) is 37.3 Å². The Bertz CT molecular complexity index is 782. The zero-order chi connectivity index (χ0) is 17.5. The van der Waals surface area contributed by atoms with Crippen LogP contribution in [0.3, 0.4) is 0 Å². The second kappa shape index (κ2) is 8.14. The largest absolute Gasteiger partial charge is 0.454 e. The minimum atomic E-state index is -0.489. The molecule has 0 unspecified atom stereocenters. The number of ether oxygens (including phenoxy) is 1. The van der Waals surface area contributed by atoms with Gasteiger partial charge in [-0.1, -0.05) is 29.8 Å². The monoisotopic (exact) mass is 342 g/mol. The third-order valence-corrected chi connectivity index (χ3v) is 3.62. The molecule has 0 saturated carbocycles. The van der Waals surface area contributed by atoms with Crippen LogP contribution in [0.1, 0.15) is 35.4 Å². The van der Waals surface area contributed by atoms with Crippen LogP contribution in [0, 0.1) is 11.3 Å². The van der Waals surface area contributed by atoms with Crippen molar-refractivity contribution in [2.75, 3.05) is 5.32 Å². The van der Waals surface area contributed by atoms with Gasteiger partial charge in [0.05, 0.1) is 11.6 Å². The van der Waals surface area contributed by atoms with Gasteiger partial charge in [0.25, 0.3) is 0 Å². The number of nitriles is 1. The smallest absolute Gasteiger partial charge is 0.338 e. The molecule has 0 spiro atoms. The lowest BCUT2D eigenvalue weighted by Gasteiger charge is -2.15. The molecule has 2 aromatic carbocycles. The summed E-state index contributed by atoms with van der Waals surface area (Å²) in [5.74, 6) is -0.891. The van der Waals surface area contributed by atoms with E-state index >= 15 is 0 Å². The van der Waals surface area contributed by atoms with Crippen LogP contribution in [0.2, 0.25) is 5.02 Å². The van der Waals surface area contributed by atoms with Crippen molar-refractivity contribution in [3.05, 3.63) is 64.7 Å². The number of benzene rings is 2. The molecule has 24 heavy (non-hydrogen) atoms. The number of nitrogens with zero attached hydrogens (tertiary/aromatic N) is 1. The topological polar surface area (TPSA) is 79.2 Å². The lowest BCUT2D eigenvalue weighted by atomic mass is 10.1. The van der Waals surface area contributed by atoms with Crippen LogP contribution >= 0.6 is 11.6 Å². The number of carbonyl (C=O) groups is 2. The lowest BCUT2D eigenvalue weighted by Crippen LogP contribution is -2.11. The fraction of sp³-hybridized carbons (Fsp3) is 0.167. The van der Waals surface area contributed by atoms with Crippen LogP contribution in [-0.2, 0) is 9.53 Å². The Morgan fingerprint density at radius 2 is 1.88 bits per heavy atom. The molecule has 0 fully saturated rings. The Kier molecular flexibility index (Phi) is 5.94. The number of amides is 1. The Morgan fingerprint density at radius 3 is 2.50 bits per heavy atom. The SMILES string of the molecule is C[C@H](OC(=O)c1ccc(NC(=O)CC#N)cc1)c1ccccc1Cl. The highest BCUT2D eigenvalue weighted by atomic mass is 35.5. The van der Waals surface area contributed by atoms with Crippen LogP contribution in [0.15, 0.2) is 48.5 Å². The number of hydrogen-bond donors (Lipinski definition) is 1. The van der Waals surface area contributed by atoms with Gasteiger partial charge in [0, 0.05) is 16.3 Å². The molecule has 0 bridgehead atoms. The van der Waals surface area contributed by atoms with Gasteiger partial charge in [0.2, 0.25) is 5.91 Å². The number of esters is 1. The summed E-state index contributed by atoms with van der Waals surface area (Å²) in [6.07, 6.45) is -0.708. The van der Waals surface area contributed by atoms with E-state index in [2.05, 4.69) is 5.32 Å². The van der Waals surface area contributed by atoms with Gasteiger partial charge in [0.15, 0.2) is 0 Å². The molecule has 0 aliphatic rings. The molecule has 1 N–H and O–H groups in total. The predicted octanol–water partition coefficient (Wildman–Crippen LogP) is 4.11. The van der Waals surface area contributed by atoms with Gasteiger partial charge < -0.3 is 10.1 Å². The molecule has 0 aliphatic heterocycles. The summed E-state index contributed by atoms with van der Waals surface area (Å²) >= 11 is 6.09. The molecule has 2 rings (SSSR count). The molecule has 1 amide bonds. The zero-order valence-electron chi connectivity index (χ0n) is 13.0. The normalized spacial score (nSPS) is 11.2. The molecule has 0 aliphatic carbocycles. The van der Waals surface area contributed by atoms with E-state index in [1.165, 1.54) is 0 Å². The van der Waals surface area contributed by atoms with E-state index in [4.69, 9.17) is 21.6 Å². The fourth-order valence-corrected chi connectivity index (χ4v) is 2.35. The standard InChI is InChI=1S/C18H15ClN2O3/c1-12(15-4-2-3-5-16(15)19)24-18(23)13-6-8-14(9-7-13)21-17(22)10-11-20/h2-9,12H,10H2,1H3,(H,21,22)/t12-/m0/s1. The third-order valence-electron chi connectivity index (χ3n) is 3.27. The van der Waals surface area contributed by atoms with Gasteiger partial charge >= 0.3 is 5.97 Å². The number of nitrogens with one attached hydrogen (secondary N) is 1. The van der Waals surface area contributed by atoms with E-state index in [1.807, 2.05) is 6.07 Å². The van der Waals surface area contributed by atoms with Gasteiger partial charge in [0.1, 0.15) is 12.5 Å². The van der Waals surface area contributed by atoms with Gasteiger partial charge in [-0.15, -0.1) is 0 Å². The molecular weight excluding hydrogens is 328 g/mol. The minimum absolute atomic E-state index is 0.223. The maximum atomic E-state index is 12.2. The summed E-state index contributed by atoms with van der Waals surface area (Å²) in [5, 5.41) is 11.5. The van der Waals surface area contributed by atoms with Crippen LogP contribution in [-0.4, -0.2) is 11.9 Å². The number of rotatable bonds is 5. The Morgan fingerprint density at radius 1 is 1.21 bits per heavy atom. The maximum absolute atomic E-state index is 12.2. The molecule has 0 heterocycles. The van der Waals surface area contributed by atoms with Crippen molar-refractivity contribution in [1.29, 1.82) is 5.26 Å². The molecule has 5 nitrogen and oxygen atoms in total. The summed E-state index contributed by atoms with van der Waals surface area (Å²) in [6.45, 7) is 1.75. The van der Waals surface area contributed by atoms with Crippen molar-refractivity contribution in [2.45, 2.75) is 19.4 Å². The first-order valence-electron chi connectivity index (χ1n) is 7.23. The molecule has 1 atom stereocenters. The van der Waals surface area contributed by atoms with Crippen LogP contribution in [0.5, 0.6) is 0 Å². The van der Waals surface area contributed by atoms with Crippen molar-refractivity contribution in [2.24, 2.45) is 0 Å². The summed E-state index contributed by atoms with van der Waals surface area (Å²) in [7, 11) is 0. The van der Waals surface area contributed by atoms with E-state index in [1.54, 1.807) is 55.5 Å². The first kappa shape index (κ1) is 17.5. The van der Waals surface area contributed by atoms with Crippen LogP contribution in [0.4, 0.5) is 5.69 Å². The van der Waals surface area contributed by atoms with Gasteiger partial charge in [-0.25, -0.2) is 4.79 Å². The van der Waals surface area contributed by atoms with E-state index in [0.717, 1.165) is 5.56 Å². The highest BCUT2D eigenvalue weighted by molar-refractivity contribution is 6.31. The van der Waals surface area contributed by atoms with E-state index in [-0.39, 0.29) is 6.42 Å². The first-order chi connectivity index (χ1) is 11.5. The maximum Gasteiger partial charge on any atom is 0.338 e. The van der Waals surface area contributed by atoms with E-state index in [0.29, 0.717) is 16.3 Å². The first-order valence-corrected chi connectivity index (χ1v) is 7.61. The second-order valence-corrected chi connectivity index (χ2v) is 5.44. The Hall–Kier alpha value is -2.84. The predicted molar refractivity (Wildman–Crippen MR) is 90.6 cm³/mol. The van der Waals surface area contributed by atoms with Crippen molar-refractivity contribution < 1.29 is 14.3 Å². The number of carbonyl (C=O) groups excluding carboxylic acids is 2. The van der Waals surface area contributed by atoms with Crippen LogP contribution in [0.25, 0.3) is 0 Å². The van der Waals surface area contributed by atoms with Crippen molar-refractivity contribution in [1.82, 2.24) is 0 Å². The number of anilines is 1. The third kappa shape index (κ3) is 4.58. The average molecular weight is 343 g/mol. The quantitative estimate of drug-likeness (QED) is 0.829. The summed E-state index contributed by atoms with van der Waals surface area (Å²) < 4.78 is 5.41. The number of hydrogen-bond acceptors (Lipinski definition) is 4. The highest BCUT2D eigenvalue weighted by Crippen LogP contribution is 2.26. The molecule has 0 radical (unpaired) electrons. The average Bonchev–Trinajstić information content (AvgIpc) is 2.56. The van der Waals surface area contributed by atoms with Crippen LogP contribution < -0.4 is 5.32 Å². The summed E-state index contributed by atoms with van der Waals surface area (Å²) in [6, 6.07) is 15.2. The molecule has 0 aromatic heterocycles. The molecular formula is C18H15ClN2O3.